The number of methoxy groups -OCH3 is 1. The van der Waals surface area contributed by atoms with Gasteiger partial charge in [0, 0.05) is 0 Å². The Hall–Kier alpha value is -3.11. The molecule has 128 valence electrons. The molecule has 0 aliphatic carbocycles. The van der Waals surface area contributed by atoms with E-state index in [1.165, 1.54) is 0 Å². The van der Waals surface area contributed by atoms with E-state index in [-0.39, 0.29) is 0 Å². The average molecular weight is 359 g/mol. The Kier molecular flexibility index (Phi) is 4.67. The van der Waals surface area contributed by atoms with Crippen molar-refractivity contribution in [3.63, 3.8) is 0 Å². The lowest BCUT2D eigenvalue weighted by molar-refractivity contribution is 0.415. The Labute approximate surface area is 156 Å². The third kappa shape index (κ3) is 3.60. The van der Waals surface area contributed by atoms with Crippen molar-refractivity contribution in [1.29, 1.82) is 0 Å². The minimum Gasteiger partial charge on any atom is -0.497 e. The number of fused-ring (bicyclic) bond motifs is 1. The maximum atomic E-state index is 6.17. The summed E-state index contributed by atoms with van der Waals surface area (Å²) in [7, 11) is 1.66. The molecule has 0 saturated heterocycles. The summed E-state index contributed by atoms with van der Waals surface area (Å²) < 4.78 is 12.5. The molecule has 4 rings (SSSR count). The molecule has 0 saturated carbocycles. The maximum absolute atomic E-state index is 6.17. The molecule has 0 amide bonds. The van der Waals surface area contributed by atoms with Crippen LogP contribution in [0.25, 0.3) is 22.1 Å². The van der Waals surface area contributed by atoms with E-state index in [4.69, 9.17) is 14.5 Å². The number of rotatable bonds is 5. The van der Waals surface area contributed by atoms with Gasteiger partial charge in [0.15, 0.2) is 10.8 Å². The summed E-state index contributed by atoms with van der Waals surface area (Å²) in [6.07, 6.45) is 2.00. The highest BCUT2D eigenvalue weighted by atomic mass is 32.1. The smallest absolute Gasteiger partial charge is 0.163 e. The first-order valence-electron chi connectivity index (χ1n) is 8.26. The fraction of sp³-hybridized carbons (Fsp3) is 0.0455. The molecular weight excluding hydrogens is 342 g/mol. The van der Waals surface area contributed by atoms with Crippen molar-refractivity contribution in [3.05, 3.63) is 89.4 Å². The van der Waals surface area contributed by atoms with Crippen LogP contribution in [0.15, 0.2) is 78.9 Å². The topological polar surface area (TPSA) is 31.4 Å². The second-order valence-corrected chi connectivity index (χ2v) is 6.71. The molecule has 1 heterocycles. The molecule has 4 aromatic rings. The monoisotopic (exact) mass is 359 g/mol. The third-order valence-electron chi connectivity index (χ3n) is 3.89. The van der Waals surface area contributed by atoms with Gasteiger partial charge in [0.05, 0.1) is 17.3 Å². The molecule has 26 heavy (non-hydrogen) atoms. The molecule has 0 fully saturated rings. The first-order chi connectivity index (χ1) is 12.8. The average Bonchev–Trinajstić information content (AvgIpc) is 3.13. The lowest BCUT2D eigenvalue weighted by atomic mass is 10.2. The van der Waals surface area contributed by atoms with E-state index < -0.39 is 0 Å². The van der Waals surface area contributed by atoms with Gasteiger partial charge in [-0.1, -0.05) is 42.5 Å². The molecule has 0 radical (unpaired) electrons. The third-order valence-corrected chi connectivity index (χ3v) is 4.94. The van der Waals surface area contributed by atoms with Crippen molar-refractivity contribution >= 4 is 33.4 Å². The molecule has 3 nitrogen and oxygen atoms in total. The van der Waals surface area contributed by atoms with E-state index in [0.29, 0.717) is 0 Å². The molecule has 0 aliphatic heterocycles. The van der Waals surface area contributed by atoms with Crippen molar-refractivity contribution in [2.45, 2.75) is 0 Å². The van der Waals surface area contributed by atoms with Crippen LogP contribution < -0.4 is 9.47 Å². The van der Waals surface area contributed by atoms with Crippen LogP contribution in [0.4, 0.5) is 0 Å². The van der Waals surface area contributed by atoms with Crippen molar-refractivity contribution < 1.29 is 9.47 Å². The predicted molar refractivity (Wildman–Crippen MR) is 108 cm³/mol. The van der Waals surface area contributed by atoms with Crippen LogP contribution in [-0.4, -0.2) is 12.1 Å². The second kappa shape index (κ2) is 7.42. The van der Waals surface area contributed by atoms with Crippen LogP contribution in [0, 0.1) is 0 Å². The standard InChI is InChI=1S/C22H17NO2S/c1-24-17-13-11-16(12-14-17)15-20(25-18-7-3-2-4-8-18)22-23-19-9-5-6-10-21(19)26-22/h2-15H,1H3. The lowest BCUT2D eigenvalue weighted by Gasteiger charge is -2.08. The minimum absolute atomic E-state index is 0.725. The molecule has 0 aliphatic rings. The number of para-hydroxylation sites is 2. The van der Waals surface area contributed by atoms with Gasteiger partial charge < -0.3 is 9.47 Å². The highest BCUT2D eigenvalue weighted by Gasteiger charge is 2.11. The number of nitrogens with zero attached hydrogens (tertiary/aromatic N) is 1. The number of ether oxygens (including phenoxy) is 2. The lowest BCUT2D eigenvalue weighted by Crippen LogP contribution is -1.94. The summed E-state index contributed by atoms with van der Waals surface area (Å²) in [4.78, 5) is 4.74. The first kappa shape index (κ1) is 16.4. The van der Waals surface area contributed by atoms with Crippen LogP contribution in [0.1, 0.15) is 10.6 Å². The zero-order valence-electron chi connectivity index (χ0n) is 14.3. The van der Waals surface area contributed by atoms with E-state index in [2.05, 4.69) is 6.07 Å². The number of benzene rings is 3. The van der Waals surface area contributed by atoms with Gasteiger partial charge in [-0.05, 0) is 48.0 Å². The van der Waals surface area contributed by atoms with Gasteiger partial charge in [-0.15, -0.1) is 11.3 Å². The normalized spacial score (nSPS) is 11.5. The van der Waals surface area contributed by atoms with Gasteiger partial charge in [-0.3, -0.25) is 0 Å². The fourth-order valence-corrected chi connectivity index (χ4v) is 3.50. The van der Waals surface area contributed by atoms with Gasteiger partial charge in [-0.25, -0.2) is 4.98 Å². The Morgan fingerprint density at radius 3 is 2.31 bits per heavy atom. The second-order valence-electron chi connectivity index (χ2n) is 5.68. The maximum Gasteiger partial charge on any atom is 0.163 e. The van der Waals surface area contributed by atoms with Gasteiger partial charge in [0.1, 0.15) is 11.5 Å². The molecule has 1 aromatic heterocycles. The molecule has 3 aromatic carbocycles. The van der Waals surface area contributed by atoms with Gasteiger partial charge in [0.25, 0.3) is 0 Å². The predicted octanol–water partition coefficient (Wildman–Crippen LogP) is 5.88. The zero-order valence-corrected chi connectivity index (χ0v) is 15.1. The zero-order chi connectivity index (χ0) is 17.8. The van der Waals surface area contributed by atoms with Crippen molar-refractivity contribution in [2.75, 3.05) is 7.11 Å². The van der Waals surface area contributed by atoms with Crippen molar-refractivity contribution in [2.24, 2.45) is 0 Å². The summed E-state index contributed by atoms with van der Waals surface area (Å²) in [5.74, 6) is 2.33. The summed E-state index contributed by atoms with van der Waals surface area (Å²) in [6, 6.07) is 25.7. The Bertz CT molecular complexity index is 1000. The Balaban J connectivity index is 1.76. The highest BCUT2D eigenvalue weighted by Crippen LogP contribution is 2.30. The SMILES string of the molecule is COc1ccc(C=C(Oc2ccccc2)c2nc3ccccc3s2)cc1. The van der Waals surface area contributed by atoms with Gasteiger partial charge in [-0.2, -0.15) is 0 Å². The van der Waals surface area contributed by atoms with E-state index in [9.17, 15) is 0 Å². The van der Waals surface area contributed by atoms with Gasteiger partial charge >= 0.3 is 0 Å². The number of hydrogen-bond donors (Lipinski definition) is 0. The molecule has 4 heteroatoms. The van der Waals surface area contributed by atoms with Crippen LogP contribution in [0.3, 0.4) is 0 Å². The van der Waals surface area contributed by atoms with E-state index >= 15 is 0 Å². The molecular formula is C22H17NO2S. The summed E-state index contributed by atoms with van der Waals surface area (Å²) in [5.41, 5.74) is 2.00. The fourth-order valence-electron chi connectivity index (χ4n) is 2.58. The summed E-state index contributed by atoms with van der Waals surface area (Å²) in [5, 5.41) is 0.853. The van der Waals surface area contributed by atoms with Crippen LogP contribution in [0.5, 0.6) is 11.5 Å². The van der Waals surface area contributed by atoms with Crippen LogP contribution in [0.2, 0.25) is 0 Å². The molecule has 0 unspecified atom stereocenters. The largest absolute Gasteiger partial charge is 0.497 e. The summed E-state index contributed by atoms with van der Waals surface area (Å²) in [6.45, 7) is 0. The molecule has 0 bridgehead atoms. The number of thiazole rings is 1. The minimum atomic E-state index is 0.725. The summed E-state index contributed by atoms with van der Waals surface area (Å²) >= 11 is 1.62. The molecule has 0 spiro atoms. The number of aromatic nitrogens is 1. The Morgan fingerprint density at radius 2 is 1.58 bits per heavy atom. The van der Waals surface area contributed by atoms with Crippen LogP contribution in [-0.2, 0) is 0 Å². The highest BCUT2D eigenvalue weighted by molar-refractivity contribution is 7.19. The van der Waals surface area contributed by atoms with Crippen molar-refractivity contribution in [3.8, 4) is 11.5 Å². The quantitative estimate of drug-likeness (QED) is 0.417. The number of hydrogen-bond acceptors (Lipinski definition) is 4. The van der Waals surface area contributed by atoms with Crippen molar-refractivity contribution in [1.82, 2.24) is 4.98 Å². The van der Waals surface area contributed by atoms with E-state index in [0.717, 1.165) is 38.0 Å². The molecule has 0 N–H and O–H groups in total. The Morgan fingerprint density at radius 1 is 0.846 bits per heavy atom. The van der Waals surface area contributed by atoms with E-state index in [1.54, 1.807) is 18.4 Å². The van der Waals surface area contributed by atoms with Crippen LogP contribution >= 0.6 is 11.3 Å². The van der Waals surface area contributed by atoms with Gasteiger partial charge in [0.2, 0.25) is 0 Å². The molecule has 0 atom stereocenters. The van der Waals surface area contributed by atoms with E-state index in [1.807, 2.05) is 78.9 Å². The first-order valence-corrected chi connectivity index (χ1v) is 9.08.